The average molecular weight is 362 g/mol. The highest BCUT2D eigenvalue weighted by atomic mass is 32.1. The van der Waals surface area contributed by atoms with Gasteiger partial charge in [0.25, 0.3) is 0 Å². The summed E-state index contributed by atoms with van der Waals surface area (Å²) in [4.78, 5) is 8.64. The van der Waals surface area contributed by atoms with Gasteiger partial charge in [-0.1, -0.05) is 65.8 Å². The van der Waals surface area contributed by atoms with Gasteiger partial charge in [-0.2, -0.15) is 4.98 Å². The third kappa shape index (κ3) is 3.50. The largest absolute Gasteiger partial charge is 0.454 e. The van der Waals surface area contributed by atoms with Gasteiger partial charge in [-0.05, 0) is 12.2 Å². The van der Waals surface area contributed by atoms with Gasteiger partial charge in [0.15, 0.2) is 12.4 Å². The van der Waals surface area contributed by atoms with Crippen LogP contribution in [0.25, 0.3) is 22.5 Å². The molecule has 26 heavy (non-hydrogen) atoms. The molecular formula is C18H14N6OS. The van der Waals surface area contributed by atoms with Gasteiger partial charge >= 0.3 is 6.01 Å². The number of aromatic nitrogens is 6. The van der Waals surface area contributed by atoms with Crippen molar-refractivity contribution in [2.75, 3.05) is 0 Å². The number of ether oxygens (including phenoxy) is 1. The summed E-state index contributed by atoms with van der Waals surface area (Å²) in [5.74, 6) is 0.562. The molecule has 0 bridgehead atoms. The summed E-state index contributed by atoms with van der Waals surface area (Å²) < 4.78 is 5.98. The lowest BCUT2D eigenvalue weighted by atomic mass is 10.0. The monoisotopic (exact) mass is 362 g/mol. The zero-order valence-electron chi connectivity index (χ0n) is 13.6. The molecule has 2 heterocycles. The van der Waals surface area contributed by atoms with Crippen LogP contribution in [0.1, 0.15) is 5.82 Å². The van der Waals surface area contributed by atoms with Crippen LogP contribution in [0.5, 0.6) is 6.01 Å². The third-order valence-corrected chi connectivity index (χ3v) is 3.84. The van der Waals surface area contributed by atoms with Crippen LogP contribution >= 0.6 is 12.2 Å². The molecule has 0 unspecified atom stereocenters. The quantitative estimate of drug-likeness (QED) is 0.527. The number of hydrogen-bond donors (Lipinski definition) is 2. The lowest BCUT2D eigenvalue weighted by Crippen LogP contribution is -2.05. The molecule has 0 saturated heterocycles. The molecule has 0 amide bonds. The second-order valence-corrected chi connectivity index (χ2v) is 5.81. The molecule has 0 fully saturated rings. The predicted molar refractivity (Wildman–Crippen MR) is 98.8 cm³/mol. The van der Waals surface area contributed by atoms with Crippen molar-refractivity contribution in [3.05, 3.63) is 71.3 Å². The average Bonchev–Trinajstić information content (AvgIpc) is 3.13. The summed E-state index contributed by atoms with van der Waals surface area (Å²) in [6.07, 6.45) is 0. The van der Waals surface area contributed by atoms with E-state index in [-0.39, 0.29) is 12.6 Å². The molecule has 0 radical (unpaired) electrons. The van der Waals surface area contributed by atoms with Crippen LogP contribution in [0.15, 0.2) is 60.7 Å². The Bertz CT molecular complexity index is 1060. The number of rotatable bonds is 5. The normalized spacial score (nSPS) is 10.6. The molecule has 0 aliphatic rings. The van der Waals surface area contributed by atoms with Crippen molar-refractivity contribution in [2.24, 2.45) is 0 Å². The summed E-state index contributed by atoms with van der Waals surface area (Å²) in [7, 11) is 0. The predicted octanol–water partition coefficient (Wildman–Crippen LogP) is 3.57. The van der Waals surface area contributed by atoms with Crippen LogP contribution in [-0.2, 0) is 6.61 Å². The topological polar surface area (TPSA) is 92.4 Å². The Morgan fingerprint density at radius 3 is 2.04 bits per heavy atom. The summed E-state index contributed by atoms with van der Waals surface area (Å²) in [6.45, 7) is 0.160. The summed E-state index contributed by atoms with van der Waals surface area (Å²) in [5.41, 5.74) is 3.28. The fourth-order valence-electron chi connectivity index (χ4n) is 2.47. The molecule has 0 spiro atoms. The van der Waals surface area contributed by atoms with Crippen LogP contribution in [0.4, 0.5) is 0 Å². The fraction of sp³-hybridized carbons (Fsp3) is 0.0556. The zero-order chi connectivity index (χ0) is 17.8. The second-order valence-electron chi connectivity index (χ2n) is 5.43. The molecule has 4 rings (SSSR count). The minimum atomic E-state index is 0.160. The van der Waals surface area contributed by atoms with Crippen molar-refractivity contribution in [1.82, 2.24) is 30.4 Å². The number of nitrogens with one attached hydrogen (secondary N) is 2. The summed E-state index contributed by atoms with van der Waals surface area (Å²) >= 11 is 4.92. The molecule has 7 nitrogen and oxygen atoms in total. The van der Waals surface area contributed by atoms with Gasteiger partial charge in [0.2, 0.25) is 4.77 Å². The molecule has 0 saturated carbocycles. The molecule has 4 aromatic rings. The smallest absolute Gasteiger partial charge is 0.336 e. The van der Waals surface area contributed by atoms with Crippen molar-refractivity contribution in [2.45, 2.75) is 6.61 Å². The summed E-state index contributed by atoms with van der Waals surface area (Å²) in [5, 5.41) is 14.0. The first-order valence-corrected chi connectivity index (χ1v) is 8.32. The van der Waals surface area contributed by atoms with Crippen molar-refractivity contribution < 1.29 is 4.74 Å². The van der Waals surface area contributed by atoms with Crippen molar-refractivity contribution in [3.8, 4) is 28.5 Å². The highest BCUT2D eigenvalue weighted by Gasteiger charge is 2.14. The highest BCUT2D eigenvalue weighted by molar-refractivity contribution is 7.71. The van der Waals surface area contributed by atoms with Crippen LogP contribution in [0.2, 0.25) is 0 Å². The van der Waals surface area contributed by atoms with Gasteiger partial charge in [-0.15, -0.1) is 5.10 Å². The van der Waals surface area contributed by atoms with E-state index in [1.165, 1.54) is 0 Å². The minimum absolute atomic E-state index is 0.160. The van der Waals surface area contributed by atoms with E-state index in [9.17, 15) is 0 Å². The molecule has 2 N–H and O–H groups in total. The molecule has 0 aliphatic heterocycles. The lowest BCUT2D eigenvalue weighted by molar-refractivity contribution is 0.268. The minimum Gasteiger partial charge on any atom is -0.454 e. The molecule has 0 atom stereocenters. The van der Waals surface area contributed by atoms with E-state index in [0.717, 1.165) is 11.1 Å². The first-order chi connectivity index (χ1) is 12.8. The van der Waals surface area contributed by atoms with Crippen molar-refractivity contribution in [1.29, 1.82) is 0 Å². The van der Waals surface area contributed by atoms with Gasteiger partial charge in [0.05, 0.1) is 0 Å². The second kappa shape index (κ2) is 7.24. The maximum absolute atomic E-state index is 5.61. The first-order valence-electron chi connectivity index (χ1n) is 7.91. The Morgan fingerprint density at radius 2 is 1.42 bits per heavy atom. The van der Waals surface area contributed by atoms with Gasteiger partial charge in [-0.25, -0.2) is 4.98 Å². The van der Waals surface area contributed by atoms with E-state index in [2.05, 4.69) is 30.4 Å². The number of hydrogen-bond acceptors (Lipinski definition) is 6. The van der Waals surface area contributed by atoms with Crippen LogP contribution in [0.3, 0.4) is 0 Å². The van der Waals surface area contributed by atoms with Gasteiger partial charge < -0.3 is 4.74 Å². The Morgan fingerprint density at radius 1 is 0.769 bits per heavy atom. The fourth-order valence-corrected chi connectivity index (χ4v) is 2.63. The molecule has 8 heteroatoms. The van der Waals surface area contributed by atoms with E-state index in [1.807, 2.05) is 60.7 Å². The van der Waals surface area contributed by atoms with Crippen LogP contribution in [-0.4, -0.2) is 30.4 Å². The Labute approximate surface area is 154 Å². The Balaban J connectivity index is 1.71. The Hall–Kier alpha value is -3.39. The molecular weight excluding hydrogens is 348 g/mol. The summed E-state index contributed by atoms with van der Waals surface area (Å²) in [6, 6.07) is 19.8. The van der Waals surface area contributed by atoms with Gasteiger partial charge in [0, 0.05) is 11.1 Å². The molecule has 128 valence electrons. The van der Waals surface area contributed by atoms with E-state index in [1.54, 1.807) is 0 Å². The standard InChI is InChI=1S/C18H14N6OS/c26-18-19-14(21-24-18)11-25-17-20-15(12-7-3-1-4-8-12)16(22-23-17)13-9-5-2-6-10-13/h1-10H,11H2,(H2,19,21,24,26). The highest BCUT2D eigenvalue weighted by Crippen LogP contribution is 2.29. The number of benzene rings is 2. The van der Waals surface area contributed by atoms with E-state index >= 15 is 0 Å². The lowest BCUT2D eigenvalue weighted by Gasteiger charge is -2.09. The Kier molecular flexibility index (Phi) is 4.48. The SMILES string of the molecule is S=c1nc(COc2nnc(-c3ccccc3)c(-c3ccccc3)n2)[nH][nH]1. The maximum atomic E-state index is 5.61. The van der Waals surface area contributed by atoms with Crippen LogP contribution in [0, 0.1) is 4.77 Å². The van der Waals surface area contributed by atoms with Crippen LogP contribution < -0.4 is 4.74 Å². The first kappa shape index (κ1) is 16.1. The third-order valence-electron chi connectivity index (χ3n) is 3.65. The zero-order valence-corrected chi connectivity index (χ0v) is 14.4. The molecule has 0 aliphatic carbocycles. The van der Waals surface area contributed by atoms with E-state index in [4.69, 9.17) is 17.0 Å². The van der Waals surface area contributed by atoms with Crippen molar-refractivity contribution >= 4 is 12.2 Å². The van der Waals surface area contributed by atoms with E-state index in [0.29, 0.717) is 22.0 Å². The molecule has 2 aromatic heterocycles. The number of aromatic amines is 2. The molecule has 2 aromatic carbocycles. The number of H-pyrrole nitrogens is 2. The maximum Gasteiger partial charge on any atom is 0.336 e. The van der Waals surface area contributed by atoms with E-state index < -0.39 is 0 Å². The van der Waals surface area contributed by atoms with Crippen molar-refractivity contribution in [3.63, 3.8) is 0 Å². The van der Waals surface area contributed by atoms with Gasteiger partial charge in [-0.3, -0.25) is 10.2 Å². The van der Waals surface area contributed by atoms with Gasteiger partial charge in [0.1, 0.15) is 11.4 Å². The number of nitrogens with zero attached hydrogens (tertiary/aromatic N) is 4.